The van der Waals surface area contributed by atoms with E-state index in [1.165, 1.54) is 0 Å². The molecule has 0 fully saturated rings. The van der Waals surface area contributed by atoms with Gasteiger partial charge in [-0.1, -0.05) is 36.4 Å². The van der Waals surface area contributed by atoms with Crippen LogP contribution in [0.4, 0.5) is 0 Å². The van der Waals surface area contributed by atoms with Crippen LogP contribution < -0.4 is 9.78 Å². The molecular weight excluding hydrogens is 416 g/mol. The minimum absolute atomic E-state index is 0.356. The Balaban J connectivity index is 1.84. The second-order valence-electron chi connectivity index (χ2n) is 6.80. The van der Waals surface area contributed by atoms with Crippen molar-refractivity contribution in [3.8, 4) is 11.5 Å². The van der Waals surface area contributed by atoms with E-state index in [0.29, 0.717) is 17.3 Å². The van der Waals surface area contributed by atoms with E-state index in [9.17, 15) is 4.79 Å². The van der Waals surface area contributed by atoms with Crippen LogP contribution in [0.1, 0.15) is 22.3 Å². The molecule has 0 radical (unpaired) electrons. The number of hydrogen-bond donors (Lipinski definition) is 3. The lowest BCUT2D eigenvalue weighted by molar-refractivity contribution is -0.137. The van der Waals surface area contributed by atoms with E-state index in [1.54, 1.807) is 42.1 Å². The molecule has 3 N–H and O–H groups in total. The molecule has 1 heterocycles. The minimum atomic E-state index is -0.996. The van der Waals surface area contributed by atoms with Gasteiger partial charge in [0.2, 0.25) is 0 Å². The standard InChI is InChI=1S/C24H18O6S/c25-23(26)12-3-15-1-4-17(5-2-15)24-20-11-10-19(30-28)13-22(20)31-14-21(24)16-6-8-18(29-27)9-7-16/h1-13,27-28H,14H2,(H,25,26). The molecule has 156 valence electrons. The first-order valence-corrected chi connectivity index (χ1v) is 10.3. The highest BCUT2D eigenvalue weighted by Gasteiger charge is 2.23. The van der Waals surface area contributed by atoms with E-state index in [1.807, 2.05) is 42.5 Å². The Morgan fingerprint density at radius 3 is 2.16 bits per heavy atom. The molecule has 0 aromatic heterocycles. The molecule has 0 saturated heterocycles. The normalized spacial score (nSPS) is 13.2. The summed E-state index contributed by atoms with van der Waals surface area (Å²) in [6.45, 7) is 0. The monoisotopic (exact) mass is 434 g/mol. The van der Waals surface area contributed by atoms with Gasteiger partial charge in [0.05, 0.1) is 0 Å². The van der Waals surface area contributed by atoms with Crippen LogP contribution >= 0.6 is 11.8 Å². The van der Waals surface area contributed by atoms with Crippen LogP contribution in [0.15, 0.2) is 77.7 Å². The average Bonchev–Trinajstić information content (AvgIpc) is 2.82. The zero-order chi connectivity index (χ0) is 21.8. The number of carboxylic acid groups (broad SMARTS) is 1. The van der Waals surface area contributed by atoms with Gasteiger partial charge in [-0.25, -0.2) is 15.3 Å². The van der Waals surface area contributed by atoms with Gasteiger partial charge in [0.15, 0.2) is 11.5 Å². The topological polar surface area (TPSA) is 96.2 Å². The third-order valence-corrected chi connectivity index (χ3v) is 6.01. The average molecular weight is 434 g/mol. The smallest absolute Gasteiger partial charge is 0.328 e. The molecule has 0 unspecified atom stereocenters. The molecule has 7 heteroatoms. The molecule has 0 aliphatic carbocycles. The lowest BCUT2D eigenvalue weighted by Gasteiger charge is -2.24. The third-order valence-electron chi connectivity index (χ3n) is 4.93. The zero-order valence-corrected chi connectivity index (χ0v) is 17.0. The van der Waals surface area contributed by atoms with Crippen LogP contribution in [0.3, 0.4) is 0 Å². The van der Waals surface area contributed by atoms with Gasteiger partial charge in [0.1, 0.15) is 0 Å². The predicted molar refractivity (Wildman–Crippen MR) is 119 cm³/mol. The van der Waals surface area contributed by atoms with E-state index in [0.717, 1.165) is 44.4 Å². The van der Waals surface area contributed by atoms with Crippen LogP contribution in [-0.4, -0.2) is 27.3 Å². The van der Waals surface area contributed by atoms with Crippen molar-refractivity contribution in [2.75, 3.05) is 5.75 Å². The number of thioether (sulfide) groups is 1. The molecule has 4 rings (SSSR count). The fourth-order valence-corrected chi connectivity index (χ4v) is 4.61. The molecule has 0 atom stereocenters. The molecular formula is C24H18O6S. The van der Waals surface area contributed by atoms with Crippen molar-refractivity contribution in [1.82, 2.24) is 0 Å². The van der Waals surface area contributed by atoms with Crippen molar-refractivity contribution in [3.05, 3.63) is 95.1 Å². The molecule has 0 amide bonds. The molecule has 3 aromatic carbocycles. The maximum absolute atomic E-state index is 10.8. The Labute approximate surface area is 182 Å². The number of carboxylic acids is 1. The van der Waals surface area contributed by atoms with Gasteiger partial charge in [0, 0.05) is 16.7 Å². The Bertz CT molecular complexity index is 1160. The van der Waals surface area contributed by atoms with Crippen molar-refractivity contribution in [2.24, 2.45) is 0 Å². The van der Waals surface area contributed by atoms with Gasteiger partial charge >= 0.3 is 5.97 Å². The molecule has 0 bridgehead atoms. The summed E-state index contributed by atoms with van der Waals surface area (Å²) in [7, 11) is 0. The van der Waals surface area contributed by atoms with Crippen LogP contribution in [0.5, 0.6) is 11.5 Å². The second kappa shape index (κ2) is 9.09. The summed E-state index contributed by atoms with van der Waals surface area (Å²) in [5.41, 5.74) is 5.89. The SMILES string of the molecule is O=C(O)C=Cc1ccc(C2=C(c3ccc(OO)cc3)CSc3cc(OO)ccc32)cc1. The maximum Gasteiger partial charge on any atom is 0.328 e. The number of fused-ring (bicyclic) bond motifs is 1. The highest BCUT2D eigenvalue weighted by Crippen LogP contribution is 2.45. The summed E-state index contributed by atoms with van der Waals surface area (Å²) in [6, 6.07) is 20.2. The van der Waals surface area contributed by atoms with Crippen molar-refractivity contribution in [1.29, 1.82) is 0 Å². The summed E-state index contributed by atoms with van der Waals surface area (Å²) in [6.07, 6.45) is 2.65. The van der Waals surface area contributed by atoms with Gasteiger partial charge in [-0.15, -0.1) is 11.8 Å². The van der Waals surface area contributed by atoms with Crippen LogP contribution in [-0.2, 0) is 4.79 Å². The Hall–Kier alpha value is -3.52. The van der Waals surface area contributed by atoms with E-state index >= 15 is 0 Å². The summed E-state index contributed by atoms with van der Waals surface area (Å²) in [5, 5.41) is 26.7. The molecule has 0 spiro atoms. The molecule has 1 aliphatic rings. The third kappa shape index (κ3) is 4.49. The first-order chi connectivity index (χ1) is 15.1. The van der Waals surface area contributed by atoms with Gasteiger partial charge in [-0.2, -0.15) is 0 Å². The van der Waals surface area contributed by atoms with Gasteiger partial charge in [-0.05, 0) is 69.8 Å². The largest absolute Gasteiger partial charge is 0.478 e. The lowest BCUT2D eigenvalue weighted by atomic mass is 9.89. The van der Waals surface area contributed by atoms with Crippen molar-refractivity contribution >= 4 is 35.0 Å². The minimum Gasteiger partial charge on any atom is -0.478 e. The van der Waals surface area contributed by atoms with E-state index in [-0.39, 0.29) is 0 Å². The Morgan fingerprint density at radius 2 is 1.52 bits per heavy atom. The lowest BCUT2D eigenvalue weighted by Crippen LogP contribution is -2.04. The number of hydrogen-bond acceptors (Lipinski definition) is 6. The predicted octanol–water partition coefficient (Wildman–Crippen LogP) is 5.55. The number of aliphatic carboxylic acids is 1. The Morgan fingerprint density at radius 1 is 0.871 bits per heavy atom. The number of benzene rings is 3. The van der Waals surface area contributed by atoms with Crippen molar-refractivity contribution in [3.63, 3.8) is 0 Å². The number of rotatable bonds is 6. The summed E-state index contributed by atoms with van der Waals surface area (Å²) in [5.74, 6) is 0.420. The first kappa shape index (κ1) is 20.7. The van der Waals surface area contributed by atoms with Gasteiger partial charge in [-0.3, -0.25) is 0 Å². The quantitative estimate of drug-likeness (QED) is 0.266. The van der Waals surface area contributed by atoms with E-state index in [4.69, 9.17) is 15.6 Å². The maximum atomic E-state index is 10.8. The molecule has 31 heavy (non-hydrogen) atoms. The molecule has 6 nitrogen and oxygen atoms in total. The molecule has 3 aromatic rings. The fraction of sp³-hybridized carbons (Fsp3) is 0.0417. The fourth-order valence-electron chi connectivity index (χ4n) is 3.47. The van der Waals surface area contributed by atoms with E-state index < -0.39 is 5.97 Å². The second-order valence-corrected chi connectivity index (χ2v) is 7.82. The first-order valence-electron chi connectivity index (χ1n) is 9.34. The summed E-state index contributed by atoms with van der Waals surface area (Å²) < 4.78 is 0. The van der Waals surface area contributed by atoms with Crippen LogP contribution in [0.2, 0.25) is 0 Å². The van der Waals surface area contributed by atoms with Gasteiger partial charge < -0.3 is 14.9 Å². The van der Waals surface area contributed by atoms with Crippen molar-refractivity contribution < 1.29 is 30.2 Å². The van der Waals surface area contributed by atoms with Crippen molar-refractivity contribution in [2.45, 2.75) is 4.90 Å². The van der Waals surface area contributed by atoms with Crippen LogP contribution in [0.25, 0.3) is 17.2 Å². The Kier molecular flexibility index (Phi) is 6.08. The van der Waals surface area contributed by atoms with Crippen LogP contribution in [0, 0.1) is 0 Å². The number of carbonyl (C=O) groups is 1. The molecule has 0 saturated carbocycles. The summed E-state index contributed by atoms with van der Waals surface area (Å²) in [4.78, 5) is 20.4. The highest BCUT2D eigenvalue weighted by atomic mass is 32.2. The van der Waals surface area contributed by atoms with E-state index in [2.05, 4.69) is 9.78 Å². The van der Waals surface area contributed by atoms with Gasteiger partial charge in [0.25, 0.3) is 0 Å². The molecule has 1 aliphatic heterocycles. The summed E-state index contributed by atoms with van der Waals surface area (Å²) >= 11 is 1.64. The highest BCUT2D eigenvalue weighted by molar-refractivity contribution is 7.99. The zero-order valence-electron chi connectivity index (χ0n) is 16.2.